The minimum Gasteiger partial charge on any atom is -0.508 e. The van der Waals surface area contributed by atoms with Crippen LogP contribution < -0.4 is 4.57 Å². The lowest BCUT2D eigenvalue weighted by Gasteiger charge is -2.39. The highest BCUT2D eigenvalue weighted by atomic mass is 19.1. The van der Waals surface area contributed by atoms with Crippen molar-refractivity contribution in [2.24, 2.45) is 0 Å². The topological polar surface area (TPSA) is 59.3 Å². The van der Waals surface area contributed by atoms with Crippen molar-refractivity contribution in [1.29, 1.82) is 0 Å². The molecule has 2 aromatic heterocycles. The van der Waals surface area contributed by atoms with Gasteiger partial charge >= 0.3 is 0 Å². The van der Waals surface area contributed by atoms with Crippen molar-refractivity contribution in [3.63, 3.8) is 0 Å². The summed E-state index contributed by atoms with van der Waals surface area (Å²) in [6.45, 7) is 5.55. The number of hydrogen-bond acceptors (Lipinski definition) is 4. The average Bonchev–Trinajstić information content (AvgIpc) is 3.40. The summed E-state index contributed by atoms with van der Waals surface area (Å²) >= 11 is 0. The summed E-state index contributed by atoms with van der Waals surface area (Å²) in [5.74, 6) is 0.507. The lowest BCUT2D eigenvalue weighted by atomic mass is 9.96. The summed E-state index contributed by atoms with van der Waals surface area (Å²) in [5.41, 5.74) is 4.85. The van der Waals surface area contributed by atoms with E-state index in [0.29, 0.717) is 0 Å². The molecule has 6 nitrogen and oxygen atoms in total. The number of aromatic amines is 1. The molecule has 8 heteroatoms. The highest BCUT2D eigenvalue weighted by Gasteiger charge is 2.26. The number of halogens is 2. The van der Waals surface area contributed by atoms with Crippen LogP contribution in [0.15, 0.2) is 91.3 Å². The van der Waals surface area contributed by atoms with Gasteiger partial charge in [-0.1, -0.05) is 24.3 Å². The molecular formula is C32H32F2N5O+. The monoisotopic (exact) mass is 540 g/mol. The number of nitrogens with one attached hydrogen (secondary N) is 1. The Bertz CT molecular complexity index is 1520. The highest BCUT2D eigenvalue weighted by molar-refractivity contribution is 5.77. The molecule has 2 N–H and O–H groups in total. The third-order valence-corrected chi connectivity index (χ3v) is 7.65. The van der Waals surface area contributed by atoms with E-state index in [1.165, 1.54) is 24.3 Å². The quantitative estimate of drug-likeness (QED) is 0.262. The molecule has 1 fully saturated rings. The summed E-state index contributed by atoms with van der Waals surface area (Å²) in [7, 11) is 0. The average molecular weight is 541 g/mol. The summed E-state index contributed by atoms with van der Waals surface area (Å²) in [6, 6.07) is 22.3. The van der Waals surface area contributed by atoms with Crippen LogP contribution >= 0.6 is 0 Å². The predicted molar refractivity (Wildman–Crippen MR) is 151 cm³/mol. The molecule has 0 unspecified atom stereocenters. The molecule has 0 atom stereocenters. The van der Waals surface area contributed by atoms with Crippen LogP contribution in [0.2, 0.25) is 0 Å². The first-order valence-electron chi connectivity index (χ1n) is 13.7. The summed E-state index contributed by atoms with van der Waals surface area (Å²) in [6.07, 6.45) is 5.19. The fourth-order valence-electron chi connectivity index (χ4n) is 5.52. The number of imidazole rings is 1. The lowest BCUT2D eigenvalue weighted by Crippen LogP contribution is -2.48. The van der Waals surface area contributed by atoms with E-state index in [1.54, 1.807) is 12.1 Å². The van der Waals surface area contributed by atoms with E-state index in [9.17, 15) is 13.9 Å². The first kappa shape index (κ1) is 26.1. The molecule has 1 aliphatic heterocycles. The molecule has 40 heavy (non-hydrogen) atoms. The molecule has 0 amide bonds. The Hall–Kier alpha value is -4.14. The third kappa shape index (κ3) is 5.88. The number of phenolic OH excluding ortho intramolecular Hbond substituents is 1. The highest BCUT2D eigenvalue weighted by Crippen LogP contribution is 2.30. The van der Waals surface area contributed by atoms with E-state index in [1.807, 2.05) is 42.5 Å². The third-order valence-electron chi connectivity index (χ3n) is 7.65. The molecule has 6 rings (SSSR count). The molecular weight excluding hydrogens is 508 g/mol. The van der Waals surface area contributed by atoms with Crippen molar-refractivity contribution in [1.82, 2.24) is 19.8 Å². The Morgan fingerprint density at radius 3 is 2.08 bits per heavy atom. The number of piperazine rings is 1. The van der Waals surface area contributed by atoms with Gasteiger partial charge in [-0.25, -0.2) is 18.3 Å². The van der Waals surface area contributed by atoms with Gasteiger partial charge in [0.25, 0.3) is 0 Å². The van der Waals surface area contributed by atoms with Gasteiger partial charge in [-0.2, -0.15) is 0 Å². The molecule has 1 aliphatic rings. The van der Waals surface area contributed by atoms with Gasteiger partial charge in [-0.15, -0.1) is 0 Å². The van der Waals surface area contributed by atoms with E-state index >= 15 is 0 Å². The summed E-state index contributed by atoms with van der Waals surface area (Å²) in [4.78, 5) is 13.0. The lowest BCUT2D eigenvalue weighted by molar-refractivity contribution is -0.696. The van der Waals surface area contributed by atoms with Gasteiger partial charge in [0.15, 0.2) is 12.4 Å². The van der Waals surface area contributed by atoms with Gasteiger partial charge in [0, 0.05) is 50.8 Å². The number of phenols is 1. The molecule has 0 spiro atoms. The van der Waals surface area contributed by atoms with Crippen LogP contribution in [0.4, 0.5) is 8.78 Å². The Balaban J connectivity index is 1.05. The summed E-state index contributed by atoms with van der Waals surface area (Å²) < 4.78 is 29.4. The molecule has 5 aromatic rings. The number of pyridine rings is 1. The van der Waals surface area contributed by atoms with E-state index in [4.69, 9.17) is 0 Å². The van der Waals surface area contributed by atoms with E-state index < -0.39 is 0 Å². The first-order chi connectivity index (χ1) is 19.5. The largest absolute Gasteiger partial charge is 0.508 e. The second-order valence-electron chi connectivity index (χ2n) is 10.4. The van der Waals surface area contributed by atoms with E-state index in [2.05, 4.69) is 36.7 Å². The SMILES string of the molecule is Oc1ccc(-c2nc3cc[n+](CCCN4CCN(C(c5ccc(F)cc5)c5ccc(F)cc5)CC4)cc3[nH]2)cc1. The molecule has 0 aliphatic carbocycles. The Labute approximate surface area is 232 Å². The minimum atomic E-state index is -0.256. The van der Waals surface area contributed by atoms with Crippen LogP contribution in [0.3, 0.4) is 0 Å². The molecule has 0 radical (unpaired) electrons. The number of rotatable bonds is 8. The molecule has 0 saturated carbocycles. The minimum absolute atomic E-state index is 0.0356. The smallest absolute Gasteiger partial charge is 0.194 e. The number of fused-ring (bicyclic) bond motifs is 1. The van der Waals surface area contributed by atoms with Crippen molar-refractivity contribution in [2.75, 3.05) is 32.7 Å². The van der Waals surface area contributed by atoms with Crippen molar-refractivity contribution >= 4 is 11.0 Å². The number of hydrogen-bond donors (Lipinski definition) is 2. The molecule has 3 heterocycles. The van der Waals surface area contributed by atoms with Crippen molar-refractivity contribution in [2.45, 2.75) is 19.0 Å². The second kappa shape index (κ2) is 11.5. The zero-order chi connectivity index (χ0) is 27.5. The van der Waals surface area contributed by atoms with Gasteiger partial charge in [0.05, 0.1) is 6.04 Å². The molecule has 3 aromatic carbocycles. The zero-order valence-electron chi connectivity index (χ0n) is 22.2. The van der Waals surface area contributed by atoms with Crippen LogP contribution in [0.25, 0.3) is 22.4 Å². The number of nitrogens with zero attached hydrogens (tertiary/aromatic N) is 4. The van der Waals surface area contributed by atoms with Crippen LogP contribution in [-0.4, -0.2) is 57.6 Å². The normalized spacial score (nSPS) is 14.8. The molecule has 0 bridgehead atoms. The Morgan fingerprint density at radius 1 is 0.825 bits per heavy atom. The number of aryl methyl sites for hydroxylation is 1. The molecule has 1 saturated heterocycles. The zero-order valence-corrected chi connectivity index (χ0v) is 22.2. The summed E-state index contributed by atoms with van der Waals surface area (Å²) in [5, 5.41) is 9.54. The molecule has 204 valence electrons. The van der Waals surface area contributed by atoms with E-state index in [0.717, 1.165) is 79.2 Å². The predicted octanol–water partition coefficient (Wildman–Crippen LogP) is 5.30. The number of benzene rings is 3. The van der Waals surface area contributed by atoms with Crippen molar-refractivity contribution in [3.05, 3.63) is 114 Å². The maximum absolute atomic E-state index is 13.6. The van der Waals surface area contributed by atoms with Crippen molar-refractivity contribution in [3.8, 4) is 17.1 Å². The van der Waals surface area contributed by atoms with Crippen LogP contribution in [0.1, 0.15) is 23.6 Å². The van der Waals surface area contributed by atoms with Crippen LogP contribution in [0, 0.1) is 11.6 Å². The van der Waals surface area contributed by atoms with E-state index in [-0.39, 0.29) is 23.4 Å². The van der Waals surface area contributed by atoms with Gasteiger partial charge in [0.2, 0.25) is 0 Å². The van der Waals surface area contributed by atoms with Gasteiger partial charge in [-0.05, 0) is 59.7 Å². The maximum Gasteiger partial charge on any atom is 0.194 e. The maximum atomic E-state index is 13.6. The number of H-pyrrole nitrogens is 1. The first-order valence-corrected chi connectivity index (χ1v) is 13.7. The van der Waals surface area contributed by atoms with Crippen LogP contribution in [0.5, 0.6) is 5.75 Å². The number of aromatic hydroxyl groups is 1. The Morgan fingerprint density at radius 2 is 1.45 bits per heavy atom. The Kier molecular flexibility index (Phi) is 7.53. The van der Waals surface area contributed by atoms with Gasteiger partial charge in [0.1, 0.15) is 40.8 Å². The number of aromatic nitrogens is 3. The van der Waals surface area contributed by atoms with Gasteiger partial charge in [-0.3, -0.25) is 4.90 Å². The fraction of sp³-hybridized carbons (Fsp3) is 0.250. The van der Waals surface area contributed by atoms with Crippen LogP contribution in [-0.2, 0) is 6.54 Å². The standard InChI is InChI=1S/C32H31F2N5O/c33-26-8-2-23(3-9-26)31(24-4-10-27(34)11-5-24)39-20-18-37(19-21-39)15-1-16-38-17-14-29-30(22-38)36-32(35-29)25-6-12-28(40)13-7-25/h2-14,17,22,31H,1,15-16,18-21H2,(H,36,40)/p+1. The fourth-order valence-corrected chi connectivity index (χ4v) is 5.52. The second-order valence-corrected chi connectivity index (χ2v) is 10.4. The van der Waals surface area contributed by atoms with Gasteiger partial charge < -0.3 is 15.0 Å². The van der Waals surface area contributed by atoms with Crippen molar-refractivity contribution < 1.29 is 18.5 Å².